The average Bonchev–Trinajstić information content (AvgIpc) is 2.69. The van der Waals surface area contributed by atoms with Crippen LogP contribution in [0.2, 0.25) is 0 Å². The van der Waals surface area contributed by atoms with E-state index in [4.69, 9.17) is 0 Å². The molecule has 2 heterocycles. The van der Waals surface area contributed by atoms with Crippen LogP contribution in [-0.4, -0.2) is 29.7 Å². The summed E-state index contributed by atoms with van der Waals surface area (Å²) in [6.07, 6.45) is 1.55. The molecule has 0 saturated heterocycles. The Morgan fingerprint density at radius 1 is 1.38 bits per heavy atom. The van der Waals surface area contributed by atoms with Crippen molar-refractivity contribution in [3.8, 4) is 0 Å². The Hall–Kier alpha value is -1.61. The van der Waals surface area contributed by atoms with Crippen LogP contribution in [0.1, 0.15) is 12.6 Å². The Balaban J connectivity index is 2.44. The minimum atomic E-state index is -3.76. The lowest BCUT2D eigenvalue weighted by atomic mass is 10.4. The van der Waals surface area contributed by atoms with E-state index >= 15 is 0 Å². The van der Waals surface area contributed by atoms with Gasteiger partial charge in [-0.05, 0) is 35.8 Å². The van der Waals surface area contributed by atoms with Gasteiger partial charge in [0, 0.05) is 30.3 Å². The van der Waals surface area contributed by atoms with Gasteiger partial charge in [-0.2, -0.15) is 5.10 Å². The summed E-state index contributed by atoms with van der Waals surface area (Å²) in [5, 5.41) is 7.06. The lowest BCUT2D eigenvalue weighted by molar-refractivity contribution is 0.600. The molecule has 0 fully saturated rings. The van der Waals surface area contributed by atoms with Gasteiger partial charge >= 0.3 is 0 Å². The van der Waals surface area contributed by atoms with E-state index in [1.165, 1.54) is 10.7 Å². The molecule has 0 unspecified atom stereocenters. The molecule has 0 amide bonds. The van der Waals surface area contributed by atoms with Crippen LogP contribution in [0.25, 0.3) is 0 Å². The number of pyridine rings is 1. The van der Waals surface area contributed by atoms with Crippen molar-refractivity contribution in [2.45, 2.75) is 18.7 Å². The van der Waals surface area contributed by atoms with Crippen LogP contribution < -0.4 is 10.0 Å². The maximum Gasteiger partial charge on any atom is 0.266 e. The second kappa shape index (κ2) is 6.02. The van der Waals surface area contributed by atoms with Gasteiger partial charge in [-0.25, -0.2) is 13.4 Å². The van der Waals surface area contributed by atoms with Crippen LogP contribution in [0.3, 0.4) is 0 Å². The summed E-state index contributed by atoms with van der Waals surface area (Å²) in [5.74, 6) is 0.710. The lowest BCUT2D eigenvalue weighted by Crippen LogP contribution is -2.18. The van der Waals surface area contributed by atoms with Gasteiger partial charge < -0.3 is 5.32 Å². The van der Waals surface area contributed by atoms with E-state index in [9.17, 15) is 8.42 Å². The molecule has 2 N–H and O–H groups in total. The van der Waals surface area contributed by atoms with Gasteiger partial charge in [-0.1, -0.05) is 0 Å². The molecular weight excluding hydrogens is 358 g/mol. The number of nitrogens with zero attached hydrogens (tertiary/aromatic N) is 3. The van der Waals surface area contributed by atoms with Crippen LogP contribution in [0.15, 0.2) is 27.7 Å². The molecule has 0 aromatic carbocycles. The first-order valence-electron chi connectivity index (χ1n) is 6.26. The Morgan fingerprint density at radius 2 is 2.10 bits per heavy atom. The fourth-order valence-electron chi connectivity index (χ4n) is 1.82. The standard InChI is InChI=1S/C12H16BrN5O2S/c1-4-14-12-10(6-9(13)7-15-12)21(19,20)17-11-5-8(2)16-18(11)3/h5-7,17H,4H2,1-3H3,(H,14,15). The second-order valence-corrected chi connectivity index (χ2v) is 7.00. The lowest BCUT2D eigenvalue weighted by Gasteiger charge is -2.12. The van der Waals surface area contributed by atoms with Gasteiger partial charge in [-0.15, -0.1) is 0 Å². The summed E-state index contributed by atoms with van der Waals surface area (Å²) in [6, 6.07) is 3.17. The molecular formula is C12H16BrN5O2S. The largest absolute Gasteiger partial charge is 0.369 e. The molecule has 0 spiro atoms. The zero-order valence-corrected chi connectivity index (χ0v) is 14.3. The SMILES string of the molecule is CCNc1ncc(Br)cc1S(=O)(=O)Nc1cc(C)nn1C. The zero-order chi connectivity index (χ0) is 15.6. The third-order valence-electron chi connectivity index (χ3n) is 2.69. The smallest absolute Gasteiger partial charge is 0.266 e. The Morgan fingerprint density at radius 3 is 2.67 bits per heavy atom. The van der Waals surface area contributed by atoms with Crippen LogP contribution >= 0.6 is 15.9 Å². The van der Waals surface area contributed by atoms with Crippen molar-refractivity contribution in [1.82, 2.24) is 14.8 Å². The minimum Gasteiger partial charge on any atom is -0.369 e. The molecule has 0 aliphatic carbocycles. The highest BCUT2D eigenvalue weighted by molar-refractivity contribution is 9.10. The van der Waals surface area contributed by atoms with Crippen molar-refractivity contribution in [2.24, 2.45) is 7.05 Å². The number of aromatic nitrogens is 3. The monoisotopic (exact) mass is 373 g/mol. The van der Waals surface area contributed by atoms with E-state index in [2.05, 4.69) is 36.1 Å². The van der Waals surface area contributed by atoms with Crippen LogP contribution in [-0.2, 0) is 17.1 Å². The molecule has 21 heavy (non-hydrogen) atoms. The third-order valence-corrected chi connectivity index (χ3v) is 4.50. The summed E-state index contributed by atoms with van der Waals surface area (Å²) >= 11 is 3.24. The molecule has 0 radical (unpaired) electrons. The molecule has 2 aromatic rings. The van der Waals surface area contributed by atoms with Crippen molar-refractivity contribution < 1.29 is 8.42 Å². The van der Waals surface area contributed by atoms with Gasteiger partial charge in [0.25, 0.3) is 10.0 Å². The number of rotatable bonds is 5. The molecule has 0 atom stereocenters. The fraction of sp³-hybridized carbons (Fsp3) is 0.333. The first kappa shape index (κ1) is 15.8. The van der Waals surface area contributed by atoms with Crippen molar-refractivity contribution in [1.29, 1.82) is 0 Å². The number of sulfonamides is 1. The highest BCUT2D eigenvalue weighted by Gasteiger charge is 2.21. The summed E-state index contributed by atoms with van der Waals surface area (Å²) in [7, 11) is -2.09. The van der Waals surface area contributed by atoms with Gasteiger partial charge in [0.05, 0.1) is 5.69 Å². The van der Waals surface area contributed by atoms with Crippen molar-refractivity contribution in [3.05, 3.63) is 28.5 Å². The maximum atomic E-state index is 12.6. The highest BCUT2D eigenvalue weighted by atomic mass is 79.9. The number of hydrogen-bond donors (Lipinski definition) is 2. The van der Waals surface area contributed by atoms with E-state index in [-0.39, 0.29) is 4.90 Å². The Labute approximate surface area is 132 Å². The summed E-state index contributed by atoms with van der Waals surface area (Å²) < 4.78 is 29.7. The first-order valence-corrected chi connectivity index (χ1v) is 8.54. The molecule has 0 saturated carbocycles. The third kappa shape index (κ3) is 3.53. The average molecular weight is 374 g/mol. The zero-order valence-electron chi connectivity index (χ0n) is 11.9. The number of anilines is 2. The normalized spacial score (nSPS) is 11.4. The summed E-state index contributed by atoms with van der Waals surface area (Å²) in [6.45, 7) is 4.24. The molecule has 0 bridgehead atoms. The van der Waals surface area contributed by atoms with Crippen LogP contribution in [0.5, 0.6) is 0 Å². The maximum absolute atomic E-state index is 12.6. The topological polar surface area (TPSA) is 88.9 Å². The number of halogens is 1. The summed E-state index contributed by atoms with van der Waals surface area (Å²) in [4.78, 5) is 4.19. The Kier molecular flexibility index (Phi) is 4.52. The minimum absolute atomic E-state index is 0.0811. The van der Waals surface area contributed by atoms with Crippen LogP contribution in [0, 0.1) is 6.92 Å². The number of nitrogens with one attached hydrogen (secondary N) is 2. The van der Waals surface area contributed by atoms with E-state index < -0.39 is 10.0 Å². The van der Waals surface area contributed by atoms with Gasteiger partial charge in [0.1, 0.15) is 16.5 Å². The molecule has 2 rings (SSSR count). The molecule has 0 aliphatic rings. The van der Waals surface area contributed by atoms with Crippen molar-refractivity contribution >= 4 is 37.6 Å². The molecule has 114 valence electrons. The van der Waals surface area contributed by atoms with E-state index in [1.54, 1.807) is 26.2 Å². The predicted octanol–water partition coefficient (Wildman–Crippen LogP) is 2.12. The first-order chi connectivity index (χ1) is 9.83. The molecule has 2 aromatic heterocycles. The molecule has 0 aliphatic heterocycles. The highest BCUT2D eigenvalue weighted by Crippen LogP contribution is 2.25. The van der Waals surface area contributed by atoms with E-state index in [1.807, 2.05) is 6.92 Å². The number of aryl methyl sites for hydroxylation is 2. The molecule has 9 heteroatoms. The summed E-state index contributed by atoms with van der Waals surface area (Å²) in [5.41, 5.74) is 0.731. The quantitative estimate of drug-likeness (QED) is 0.837. The Bertz CT molecular complexity index is 757. The fourth-order valence-corrected chi connectivity index (χ4v) is 3.55. The van der Waals surface area contributed by atoms with Crippen molar-refractivity contribution in [2.75, 3.05) is 16.6 Å². The van der Waals surface area contributed by atoms with Gasteiger partial charge in [0.2, 0.25) is 0 Å². The van der Waals surface area contributed by atoms with Crippen LogP contribution in [0.4, 0.5) is 11.6 Å². The van der Waals surface area contributed by atoms with Gasteiger partial charge in [0.15, 0.2) is 0 Å². The van der Waals surface area contributed by atoms with E-state index in [0.717, 1.165) is 5.69 Å². The van der Waals surface area contributed by atoms with Crippen molar-refractivity contribution in [3.63, 3.8) is 0 Å². The molecule has 7 nitrogen and oxygen atoms in total. The predicted molar refractivity (Wildman–Crippen MR) is 84.9 cm³/mol. The van der Waals surface area contributed by atoms with Gasteiger partial charge in [-0.3, -0.25) is 9.40 Å². The second-order valence-electron chi connectivity index (χ2n) is 4.43. The van der Waals surface area contributed by atoms with E-state index in [0.29, 0.717) is 22.7 Å². The number of hydrogen-bond acceptors (Lipinski definition) is 5.